The molecule has 0 fully saturated rings. The lowest BCUT2D eigenvalue weighted by Crippen LogP contribution is -2.08. The number of hydrogen-bond donors (Lipinski definition) is 2. The molecule has 0 saturated heterocycles. The second kappa shape index (κ2) is 5.58. The van der Waals surface area contributed by atoms with Gasteiger partial charge in [0.15, 0.2) is 0 Å². The Balaban J connectivity index is 2.47. The van der Waals surface area contributed by atoms with Gasteiger partial charge in [0, 0.05) is 11.4 Å². The molecule has 0 bridgehead atoms. The molecule has 2 rings (SSSR count). The molecule has 0 amide bonds. The van der Waals surface area contributed by atoms with Gasteiger partial charge in [-0.15, -0.1) is 0 Å². The number of halogens is 2. The largest absolute Gasteiger partial charge is 0.478 e. The van der Waals surface area contributed by atoms with E-state index in [1.54, 1.807) is 19.9 Å². The van der Waals surface area contributed by atoms with Crippen LogP contribution in [0.15, 0.2) is 28.7 Å². The molecular weight excluding hydrogens is 327 g/mol. The van der Waals surface area contributed by atoms with Crippen LogP contribution in [0.1, 0.15) is 21.6 Å². The Labute approximate surface area is 123 Å². The highest BCUT2D eigenvalue weighted by molar-refractivity contribution is 9.10. The van der Waals surface area contributed by atoms with Crippen LogP contribution in [0.2, 0.25) is 0 Å². The number of hydrogen-bond acceptors (Lipinski definition) is 3. The molecule has 1 aromatic carbocycles. The van der Waals surface area contributed by atoms with Crippen LogP contribution < -0.4 is 5.32 Å². The summed E-state index contributed by atoms with van der Waals surface area (Å²) in [5.74, 6) is -1.20. The molecule has 20 heavy (non-hydrogen) atoms. The molecule has 0 unspecified atom stereocenters. The first kappa shape index (κ1) is 14.5. The zero-order valence-electron chi connectivity index (χ0n) is 10.9. The van der Waals surface area contributed by atoms with Gasteiger partial charge in [-0.1, -0.05) is 0 Å². The first-order valence-electron chi connectivity index (χ1n) is 5.82. The third-order valence-corrected chi connectivity index (χ3v) is 3.35. The van der Waals surface area contributed by atoms with E-state index in [1.165, 1.54) is 18.2 Å². The van der Waals surface area contributed by atoms with E-state index in [4.69, 9.17) is 0 Å². The molecule has 0 atom stereocenters. The molecule has 0 spiro atoms. The lowest BCUT2D eigenvalue weighted by Gasteiger charge is -2.12. The predicted molar refractivity (Wildman–Crippen MR) is 78.1 cm³/mol. The van der Waals surface area contributed by atoms with Gasteiger partial charge in [-0.25, -0.2) is 14.2 Å². The fraction of sp³-hybridized carbons (Fsp3) is 0.143. The van der Waals surface area contributed by atoms with Crippen LogP contribution in [0, 0.1) is 19.7 Å². The number of benzene rings is 1. The van der Waals surface area contributed by atoms with Gasteiger partial charge in [0.05, 0.1) is 4.47 Å². The van der Waals surface area contributed by atoms with Gasteiger partial charge in [-0.05, 0) is 59.6 Å². The number of carboxylic acid groups (broad SMARTS) is 1. The standard InChI is InChI=1S/C14H12BrFN2O2/c1-7-5-8(2)17-13(12(7)14(19)20)18-9-3-4-11(16)10(15)6-9/h3-6H,1-2H3,(H,17,18)(H,19,20). The third-order valence-electron chi connectivity index (χ3n) is 2.74. The second-order valence-electron chi connectivity index (χ2n) is 4.36. The summed E-state index contributed by atoms with van der Waals surface area (Å²) in [6.45, 7) is 3.49. The van der Waals surface area contributed by atoms with Crippen LogP contribution >= 0.6 is 15.9 Å². The molecule has 2 aromatic rings. The number of nitrogens with one attached hydrogen (secondary N) is 1. The van der Waals surface area contributed by atoms with Gasteiger partial charge in [-0.3, -0.25) is 0 Å². The lowest BCUT2D eigenvalue weighted by atomic mass is 10.1. The van der Waals surface area contributed by atoms with Crippen LogP contribution in [-0.2, 0) is 0 Å². The number of anilines is 2. The number of nitrogens with zero attached hydrogens (tertiary/aromatic N) is 1. The zero-order chi connectivity index (χ0) is 14.9. The van der Waals surface area contributed by atoms with E-state index in [1.807, 2.05) is 0 Å². The molecule has 1 heterocycles. The van der Waals surface area contributed by atoms with Gasteiger partial charge < -0.3 is 10.4 Å². The molecule has 2 N–H and O–H groups in total. The van der Waals surface area contributed by atoms with Crippen molar-refractivity contribution in [3.63, 3.8) is 0 Å². The number of aromatic carboxylic acids is 1. The molecule has 104 valence electrons. The summed E-state index contributed by atoms with van der Waals surface area (Å²) >= 11 is 3.08. The molecule has 0 saturated carbocycles. The van der Waals surface area contributed by atoms with Crippen molar-refractivity contribution in [3.8, 4) is 0 Å². The van der Waals surface area contributed by atoms with Crippen molar-refractivity contribution in [1.29, 1.82) is 0 Å². The quantitative estimate of drug-likeness (QED) is 0.886. The van der Waals surface area contributed by atoms with Crippen LogP contribution in [0.4, 0.5) is 15.9 Å². The van der Waals surface area contributed by atoms with Crippen molar-refractivity contribution >= 4 is 33.4 Å². The van der Waals surface area contributed by atoms with Gasteiger partial charge in [-0.2, -0.15) is 0 Å². The second-order valence-corrected chi connectivity index (χ2v) is 5.22. The van der Waals surface area contributed by atoms with Gasteiger partial charge in [0.2, 0.25) is 0 Å². The number of carboxylic acids is 1. The smallest absolute Gasteiger partial charge is 0.339 e. The molecule has 0 aliphatic heterocycles. The number of aryl methyl sites for hydroxylation is 2. The van der Waals surface area contributed by atoms with E-state index in [2.05, 4.69) is 26.2 Å². The minimum atomic E-state index is -1.06. The molecule has 0 aliphatic carbocycles. The summed E-state index contributed by atoms with van der Waals surface area (Å²) in [4.78, 5) is 15.5. The molecule has 0 radical (unpaired) electrons. The van der Waals surface area contributed by atoms with E-state index >= 15 is 0 Å². The maximum Gasteiger partial charge on any atom is 0.339 e. The van der Waals surface area contributed by atoms with Crippen LogP contribution in [0.5, 0.6) is 0 Å². The monoisotopic (exact) mass is 338 g/mol. The van der Waals surface area contributed by atoms with Crippen LogP contribution in [0.3, 0.4) is 0 Å². The summed E-state index contributed by atoms with van der Waals surface area (Å²) < 4.78 is 13.5. The van der Waals surface area contributed by atoms with E-state index in [0.29, 0.717) is 21.4 Å². The summed E-state index contributed by atoms with van der Waals surface area (Å²) in [6, 6.07) is 6.04. The highest BCUT2D eigenvalue weighted by Crippen LogP contribution is 2.26. The van der Waals surface area contributed by atoms with Gasteiger partial charge in [0.25, 0.3) is 0 Å². The maximum absolute atomic E-state index is 13.2. The van der Waals surface area contributed by atoms with Crippen LogP contribution in [0.25, 0.3) is 0 Å². The average Bonchev–Trinajstić information content (AvgIpc) is 2.32. The summed E-state index contributed by atoms with van der Waals surface area (Å²) in [6.07, 6.45) is 0. The van der Waals surface area contributed by atoms with Crippen molar-refractivity contribution in [2.45, 2.75) is 13.8 Å². The minimum absolute atomic E-state index is 0.107. The Kier molecular flexibility index (Phi) is 4.04. The van der Waals surface area contributed by atoms with Crippen molar-refractivity contribution in [3.05, 3.63) is 51.4 Å². The topological polar surface area (TPSA) is 62.2 Å². The van der Waals surface area contributed by atoms with E-state index in [9.17, 15) is 14.3 Å². The lowest BCUT2D eigenvalue weighted by molar-refractivity contribution is 0.0697. The summed E-state index contributed by atoms with van der Waals surface area (Å²) in [5.41, 5.74) is 1.99. The molecule has 0 aliphatic rings. The normalized spacial score (nSPS) is 10.4. The number of pyridine rings is 1. The van der Waals surface area contributed by atoms with Gasteiger partial charge >= 0.3 is 5.97 Å². The summed E-state index contributed by atoms with van der Waals surface area (Å²) in [7, 11) is 0. The summed E-state index contributed by atoms with van der Waals surface area (Å²) in [5, 5.41) is 12.2. The minimum Gasteiger partial charge on any atom is -0.478 e. The Morgan fingerprint density at radius 3 is 2.65 bits per heavy atom. The third kappa shape index (κ3) is 2.96. The fourth-order valence-corrected chi connectivity index (χ4v) is 2.29. The number of carbonyl (C=O) groups is 1. The average molecular weight is 339 g/mol. The maximum atomic E-state index is 13.2. The Morgan fingerprint density at radius 1 is 1.35 bits per heavy atom. The Morgan fingerprint density at radius 2 is 2.05 bits per heavy atom. The fourth-order valence-electron chi connectivity index (χ4n) is 1.91. The zero-order valence-corrected chi connectivity index (χ0v) is 12.5. The highest BCUT2D eigenvalue weighted by atomic mass is 79.9. The molecule has 6 heteroatoms. The van der Waals surface area contributed by atoms with Crippen molar-refractivity contribution in [2.75, 3.05) is 5.32 Å². The Hall–Kier alpha value is -1.95. The molecular formula is C14H12BrFN2O2. The first-order chi connectivity index (χ1) is 9.38. The number of rotatable bonds is 3. The first-order valence-corrected chi connectivity index (χ1v) is 6.61. The predicted octanol–water partition coefficient (Wildman–Crippen LogP) is 4.04. The van der Waals surface area contributed by atoms with Crippen molar-refractivity contribution in [1.82, 2.24) is 4.98 Å². The van der Waals surface area contributed by atoms with E-state index in [0.717, 1.165) is 0 Å². The van der Waals surface area contributed by atoms with E-state index in [-0.39, 0.29) is 17.2 Å². The number of aromatic nitrogens is 1. The van der Waals surface area contributed by atoms with Crippen molar-refractivity contribution in [2.24, 2.45) is 0 Å². The van der Waals surface area contributed by atoms with Crippen molar-refractivity contribution < 1.29 is 14.3 Å². The Bertz CT molecular complexity index is 689. The van der Waals surface area contributed by atoms with Crippen LogP contribution in [-0.4, -0.2) is 16.1 Å². The molecule has 1 aromatic heterocycles. The van der Waals surface area contributed by atoms with Gasteiger partial charge in [0.1, 0.15) is 17.2 Å². The molecule has 4 nitrogen and oxygen atoms in total. The van der Waals surface area contributed by atoms with E-state index < -0.39 is 5.97 Å². The SMILES string of the molecule is Cc1cc(C)c(C(=O)O)c(Nc2ccc(F)c(Br)c2)n1. The highest BCUT2D eigenvalue weighted by Gasteiger charge is 2.16.